The van der Waals surface area contributed by atoms with Gasteiger partial charge in [0.15, 0.2) is 0 Å². The molecule has 3 rings (SSSR count). The summed E-state index contributed by atoms with van der Waals surface area (Å²) in [5.74, 6) is 1.07. The van der Waals surface area contributed by atoms with Gasteiger partial charge in [0.1, 0.15) is 12.4 Å². The van der Waals surface area contributed by atoms with Gasteiger partial charge in [-0.15, -0.1) is 0 Å². The van der Waals surface area contributed by atoms with Gasteiger partial charge in [0.2, 0.25) is 0 Å². The molecule has 2 N–H and O–H groups in total. The van der Waals surface area contributed by atoms with Gasteiger partial charge in [-0.3, -0.25) is 4.90 Å². The zero-order valence-electron chi connectivity index (χ0n) is 27.3. The number of unbranched alkanes of at least 4 members (excludes halogenated alkanes) is 4. The minimum absolute atomic E-state index is 0.0106. The summed E-state index contributed by atoms with van der Waals surface area (Å²) in [4.78, 5) is 25.0. The molecule has 0 unspecified atom stereocenters. The molecule has 0 spiro atoms. The third-order valence-electron chi connectivity index (χ3n) is 8.13. The first kappa shape index (κ1) is 35.4. The number of hydrogen-bond donors (Lipinski definition) is 2. The van der Waals surface area contributed by atoms with Gasteiger partial charge < -0.3 is 14.9 Å². The van der Waals surface area contributed by atoms with Crippen molar-refractivity contribution in [3.8, 4) is 5.75 Å². The van der Waals surface area contributed by atoms with Crippen molar-refractivity contribution >= 4 is 18.3 Å². The number of benzene rings is 3. The topological polar surface area (TPSA) is 90.3 Å². The van der Waals surface area contributed by atoms with Crippen LogP contribution in [0.15, 0.2) is 84.9 Å². The summed E-state index contributed by atoms with van der Waals surface area (Å²) in [6, 6.07) is 28.4. The molecule has 7 nitrogen and oxygen atoms in total. The van der Waals surface area contributed by atoms with Crippen molar-refractivity contribution in [3.05, 3.63) is 107 Å². The van der Waals surface area contributed by atoms with E-state index in [1.54, 1.807) is 0 Å². The van der Waals surface area contributed by atoms with Crippen molar-refractivity contribution < 1.29 is 24.5 Å². The number of hydrogen-bond acceptors (Lipinski definition) is 4. The van der Waals surface area contributed by atoms with Crippen LogP contribution in [0.3, 0.4) is 0 Å². The van der Waals surface area contributed by atoms with Gasteiger partial charge in [0.25, 0.3) is 0 Å². The number of amides is 2. The predicted molar refractivity (Wildman–Crippen MR) is 182 cm³/mol. The van der Waals surface area contributed by atoms with Crippen LogP contribution in [0.5, 0.6) is 5.75 Å². The average molecular weight is 615 g/mol. The van der Waals surface area contributed by atoms with Crippen molar-refractivity contribution in [1.29, 1.82) is 0 Å². The highest BCUT2D eigenvalue weighted by molar-refractivity contribution is 5.85. The highest BCUT2D eigenvalue weighted by Crippen LogP contribution is 2.36. The van der Waals surface area contributed by atoms with E-state index in [1.165, 1.54) is 11.1 Å². The molecule has 0 aliphatic heterocycles. The highest BCUT2D eigenvalue weighted by atomic mass is 16.5. The first-order chi connectivity index (χ1) is 21.7. The number of imide groups is 1. The Morgan fingerprint density at radius 2 is 1.40 bits per heavy atom. The number of ether oxygens (including phenoxy) is 1. The lowest BCUT2D eigenvalue weighted by molar-refractivity contribution is 0.122. The fourth-order valence-corrected chi connectivity index (χ4v) is 5.77. The summed E-state index contributed by atoms with van der Waals surface area (Å²) >= 11 is 0. The third kappa shape index (κ3) is 11.7. The fourth-order valence-electron chi connectivity index (χ4n) is 5.77. The molecule has 242 valence electrons. The molecule has 0 aliphatic rings. The molecule has 0 radical (unpaired) electrons. The van der Waals surface area contributed by atoms with Crippen LogP contribution in [0.2, 0.25) is 0 Å². The quantitative estimate of drug-likeness (QED) is 0.139. The molecule has 0 saturated carbocycles. The molecule has 0 aromatic heterocycles. The van der Waals surface area contributed by atoms with Crippen LogP contribution in [0, 0.1) is 0 Å². The van der Waals surface area contributed by atoms with Crippen LogP contribution in [0.4, 0.5) is 9.59 Å². The second-order valence-electron chi connectivity index (χ2n) is 12.1. The van der Waals surface area contributed by atoms with E-state index >= 15 is 0 Å². The normalized spacial score (nSPS) is 12.2. The van der Waals surface area contributed by atoms with Crippen molar-refractivity contribution in [2.75, 3.05) is 13.1 Å². The number of rotatable bonds is 18. The minimum atomic E-state index is -1.42. The van der Waals surface area contributed by atoms with Crippen molar-refractivity contribution in [2.45, 2.75) is 90.8 Å². The van der Waals surface area contributed by atoms with Gasteiger partial charge in [-0.1, -0.05) is 91.7 Å². The lowest BCUT2D eigenvalue weighted by atomic mass is 9.86. The lowest BCUT2D eigenvalue weighted by Crippen LogP contribution is -2.38. The standard InChI is InChI=1S/C38H50N2O5/c1-29(2)39(30(3)4)26-24-34(33-20-14-10-15-21-33)35-27-31(22-23-36(35)45-28-32-18-12-9-13-19-32)17-11-7-5-6-8-16-25-40(37(41)42)38(43)44/h9-15,17-23,27,29-30,34H,5-8,16,24-26,28H2,1-4H3,(H,41,42)(H,43,44)/t34-/m1/s1. The largest absolute Gasteiger partial charge is 0.489 e. The van der Waals surface area contributed by atoms with Crippen LogP contribution in [-0.2, 0) is 6.61 Å². The van der Waals surface area contributed by atoms with Gasteiger partial charge in [0.05, 0.1) is 0 Å². The molecule has 0 aliphatic carbocycles. The maximum atomic E-state index is 11.0. The zero-order chi connectivity index (χ0) is 32.6. The number of carboxylic acid groups (broad SMARTS) is 2. The minimum Gasteiger partial charge on any atom is -0.489 e. The second-order valence-corrected chi connectivity index (χ2v) is 12.1. The van der Waals surface area contributed by atoms with E-state index in [1.807, 2.05) is 18.2 Å². The fraction of sp³-hybridized carbons (Fsp3) is 0.421. The van der Waals surface area contributed by atoms with E-state index in [0.717, 1.165) is 55.5 Å². The van der Waals surface area contributed by atoms with Crippen LogP contribution in [0.1, 0.15) is 94.4 Å². The SMILES string of the molecule is CC(C)N(CC[C@H](c1ccccc1)c1cc(C=CCCCCCCN(C(=O)O)C(=O)O)ccc1OCc1ccccc1)C(C)C. The second kappa shape index (κ2) is 18.6. The van der Waals surface area contributed by atoms with Gasteiger partial charge in [-0.2, -0.15) is 0 Å². The van der Waals surface area contributed by atoms with E-state index in [9.17, 15) is 9.59 Å². The summed E-state index contributed by atoms with van der Waals surface area (Å²) in [7, 11) is 0. The summed E-state index contributed by atoms with van der Waals surface area (Å²) < 4.78 is 6.49. The Balaban J connectivity index is 1.76. The molecular weight excluding hydrogens is 564 g/mol. The predicted octanol–water partition coefficient (Wildman–Crippen LogP) is 9.53. The third-order valence-corrected chi connectivity index (χ3v) is 8.13. The van der Waals surface area contributed by atoms with Crippen molar-refractivity contribution in [1.82, 2.24) is 9.80 Å². The Kier molecular flexibility index (Phi) is 14.7. The van der Waals surface area contributed by atoms with Gasteiger partial charge in [-0.05, 0) is 88.7 Å². The molecule has 0 bridgehead atoms. The van der Waals surface area contributed by atoms with Crippen molar-refractivity contribution in [2.24, 2.45) is 0 Å². The van der Waals surface area contributed by atoms with Gasteiger partial charge in [0, 0.05) is 30.1 Å². The summed E-state index contributed by atoms with van der Waals surface area (Å²) in [6.07, 6.45) is 6.54. The van der Waals surface area contributed by atoms with Crippen molar-refractivity contribution in [3.63, 3.8) is 0 Å². The molecule has 2 amide bonds. The van der Waals surface area contributed by atoms with Crippen LogP contribution in [0.25, 0.3) is 6.08 Å². The molecule has 1 atom stereocenters. The molecule has 0 saturated heterocycles. The molecule has 0 heterocycles. The zero-order valence-corrected chi connectivity index (χ0v) is 27.3. The van der Waals surface area contributed by atoms with E-state index in [-0.39, 0.29) is 12.5 Å². The Morgan fingerprint density at radius 1 is 0.778 bits per heavy atom. The van der Waals surface area contributed by atoms with Crippen LogP contribution < -0.4 is 4.74 Å². The summed E-state index contributed by atoms with van der Waals surface area (Å²) in [5, 5.41) is 17.9. The highest BCUT2D eigenvalue weighted by Gasteiger charge is 2.22. The smallest absolute Gasteiger partial charge is 0.416 e. The Morgan fingerprint density at radius 3 is 2.02 bits per heavy atom. The molecule has 0 fully saturated rings. The number of carbonyl (C=O) groups is 2. The van der Waals surface area contributed by atoms with E-state index in [4.69, 9.17) is 14.9 Å². The Bertz CT molecular complexity index is 1320. The first-order valence-corrected chi connectivity index (χ1v) is 16.2. The van der Waals surface area contributed by atoms with Crippen LogP contribution in [-0.4, -0.2) is 57.4 Å². The summed E-state index contributed by atoms with van der Waals surface area (Å²) in [6.45, 7) is 10.5. The lowest BCUT2D eigenvalue weighted by Gasteiger charge is -2.32. The number of allylic oxidation sites excluding steroid dienone is 1. The Hall–Kier alpha value is -4.10. The monoisotopic (exact) mass is 614 g/mol. The first-order valence-electron chi connectivity index (χ1n) is 16.2. The molecule has 3 aromatic carbocycles. The Labute approximate surface area is 269 Å². The molecule has 45 heavy (non-hydrogen) atoms. The van der Waals surface area contributed by atoms with Gasteiger partial charge >= 0.3 is 12.2 Å². The van der Waals surface area contributed by atoms with E-state index in [0.29, 0.717) is 30.0 Å². The average Bonchev–Trinajstić information content (AvgIpc) is 3.01. The van der Waals surface area contributed by atoms with E-state index in [2.05, 4.69) is 105 Å². The maximum Gasteiger partial charge on any atom is 0.416 e. The molecular formula is C38H50N2O5. The summed E-state index contributed by atoms with van der Waals surface area (Å²) in [5.41, 5.74) is 4.72. The maximum absolute atomic E-state index is 11.0. The molecule has 3 aromatic rings. The number of nitrogens with zero attached hydrogens (tertiary/aromatic N) is 2. The van der Waals surface area contributed by atoms with Gasteiger partial charge in [-0.25, -0.2) is 14.5 Å². The molecule has 7 heteroatoms. The van der Waals surface area contributed by atoms with E-state index < -0.39 is 12.2 Å². The van der Waals surface area contributed by atoms with Crippen LogP contribution >= 0.6 is 0 Å².